The van der Waals surface area contributed by atoms with Gasteiger partial charge in [0.15, 0.2) is 0 Å². The van der Waals surface area contributed by atoms with Crippen LogP contribution in [-0.4, -0.2) is 30.6 Å². The van der Waals surface area contributed by atoms with Gasteiger partial charge in [-0.2, -0.15) is 0 Å². The van der Waals surface area contributed by atoms with E-state index in [2.05, 4.69) is 34.5 Å². The second-order valence-corrected chi connectivity index (χ2v) is 8.60. The van der Waals surface area contributed by atoms with Gasteiger partial charge in [0.2, 0.25) is 5.91 Å². The third-order valence-electron chi connectivity index (χ3n) is 6.01. The molecule has 0 atom stereocenters. The summed E-state index contributed by atoms with van der Waals surface area (Å²) in [5.74, 6) is 1.44. The van der Waals surface area contributed by atoms with E-state index >= 15 is 0 Å². The summed E-state index contributed by atoms with van der Waals surface area (Å²) in [6.07, 6.45) is 12.8. The number of halogens is 1. The molecule has 1 aliphatic heterocycles. The standard InChI is InChI=1S/C28H32FN3O2/c1-2-34-25-11-7-9-22(12-14-25)26-15-13-24(31-28(26)32-16-4-3-5-17-32)19-27(33)30-20-21-8-6-10-23(29)18-21/h6-10,12-15,18H,2-5,11,16-17,19-20H2,1H3,(H,30,33). The molecule has 6 heteroatoms. The average Bonchev–Trinajstić information content (AvgIpc) is 3.09. The van der Waals surface area contributed by atoms with Gasteiger partial charge in [-0.3, -0.25) is 4.79 Å². The van der Waals surface area contributed by atoms with E-state index in [-0.39, 0.29) is 18.1 Å². The quantitative estimate of drug-likeness (QED) is 0.577. The minimum absolute atomic E-state index is 0.132. The minimum atomic E-state index is -0.305. The van der Waals surface area contributed by atoms with Crippen LogP contribution in [-0.2, 0) is 22.5 Å². The molecule has 0 bridgehead atoms. The minimum Gasteiger partial charge on any atom is -0.498 e. The lowest BCUT2D eigenvalue weighted by Crippen LogP contribution is -2.31. The van der Waals surface area contributed by atoms with Crippen LogP contribution in [0.5, 0.6) is 0 Å². The Hall–Kier alpha value is -3.41. The molecule has 1 saturated heterocycles. The van der Waals surface area contributed by atoms with Crippen molar-refractivity contribution in [3.05, 3.63) is 89.1 Å². The number of carbonyl (C=O) groups excluding carboxylic acids is 1. The lowest BCUT2D eigenvalue weighted by atomic mass is 10.0. The molecule has 2 heterocycles. The van der Waals surface area contributed by atoms with Crippen molar-refractivity contribution in [3.8, 4) is 0 Å². The van der Waals surface area contributed by atoms with E-state index in [1.807, 2.05) is 19.1 Å². The zero-order chi connectivity index (χ0) is 23.8. The van der Waals surface area contributed by atoms with Crippen molar-refractivity contribution in [1.29, 1.82) is 0 Å². The number of piperidine rings is 1. The molecule has 178 valence electrons. The van der Waals surface area contributed by atoms with E-state index in [1.165, 1.54) is 18.6 Å². The highest BCUT2D eigenvalue weighted by Gasteiger charge is 2.19. The molecule has 1 N–H and O–H groups in total. The number of amides is 1. The number of allylic oxidation sites excluding steroid dienone is 5. The molecule has 0 radical (unpaired) electrons. The molecule has 1 fully saturated rings. The molecule has 1 aromatic carbocycles. The third kappa shape index (κ3) is 6.34. The average molecular weight is 462 g/mol. The molecular weight excluding hydrogens is 429 g/mol. The first-order valence-electron chi connectivity index (χ1n) is 12.1. The summed E-state index contributed by atoms with van der Waals surface area (Å²) in [5.41, 5.74) is 3.61. The first kappa shape index (κ1) is 23.7. The second kappa shape index (κ2) is 11.6. The van der Waals surface area contributed by atoms with Gasteiger partial charge in [-0.1, -0.05) is 30.4 Å². The van der Waals surface area contributed by atoms with Crippen molar-refractivity contribution in [2.24, 2.45) is 0 Å². The first-order valence-corrected chi connectivity index (χ1v) is 12.1. The predicted octanol–water partition coefficient (Wildman–Crippen LogP) is 5.33. The number of ether oxygens (including phenoxy) is 1. The van der Waals surface area contributed by atoms with Crippen molar-refractivity contribution in [2.45, 2.75) is 45.6 Å². The summed E-state index contributed by atoms with van der Waals surface area (Å²) < 4.78 is 19.1. The van der Waals surface area contributed by atoms with Gasteiger partial charge in [-0.05, 0) is 67.7 Å². The summed E-state index contributed by atoms with van der Waals surface area (Å²) >= 11 is 0. The monoisotopic (exact) mass is 461 g/mol. The number of hydrogen-bond donors (Lipinski definition) is 1. The molecule has 2 aliphatic rings. The number of benzene rings is 1. The lowest BCUT2D eigenvalue weighted by Gasteiger charge is -2.30. The van der Waals surface area contributed by atoms with Crippen LogP contribution in [0.4, 0.5) is 10.2 Å². The Morgan fingerprint density at radius 3 is 2.79 bits per heavy atom. The maximum absolute atomic E-state index is 13.4. The van der Waals surface area contributed by atoms with E-state index in [4.69, 9.17) is 9.72 Å². The SMILES string of the molecule is CCOC1=CC=C(c2ccc(CC(=O)NCc3cccc(F)c3)nc2N2CCCCC2)C=CC1. The lowest BCUT2D eigenvalue weighted by molar-refractivity contribution is -0.120. The van der Waals surface area contributed by atoms with Gasteiger partial charge in [0.05, 0.1) is 24.5 Å². The Morgan fingerprint density at radius 1 is 1.15 bits per heavy atom. The normalized spacial score (nSPS) is 15.9. The van der Waals surface area contributed by atoms with Crippen molar-refractivity contribution in [2.75, 3.05) is 24.6 Å². The largest absolute Gasteiger partial charge is 0.498 e. The Morgan fingerprint density at radius 2 is 2.00 bits per heavy atom. The molecule has 2 aromatic rings. The fraction of sp³-hybridized carbons (Fsp3) is 0.357. The van der Waals surface area contributed by atoms with Crippen LogP contribution in [0.2, 0.25) is 0 Å². The number of pyridine rings is 1. The van der Waals surface area contributed by atoms with E-state index in [0.717, 1.165) is 66.3 Å². The Kier molecular flexibility index (Phi) is 8.12. The highest BCUT2D eigenvalue weighted by Crippen LogP contribution is 2.31. The topological polar surface area (TPSA) is 54.5 Å². The summed E-state index contributed by atoms with van der Waals surface area (Å²) in [7, 11) is 0. The maximum atomic E-state index is 13.4. The fourth-order valence-corrected chi connectivity index (χ4v) is 4.31. The predicted molar refractivity (Wildman–Crippen MR) is 134 cm³/mol. The third-order valence-corrected chi connectivity index (χ3v) is 6.01. The molecular formula is C28H32FN3O2. The van der Waals surface area contributed by atoms with E-state index in [0.29, 0.717) is 13.2 Å². The van der Waals surface area contributed by atoms with Gasteiger partial charge >= 0.3 is 0 Å². The summed E-state index contributed by atoms with van der Waals surface area (Å²) in [6, 6.07) is 10.3. The molecule has 0 saturated carbocycles. The van der Waals surface area contributed by atoms with Crippen molar-refractivity contribution in [1.82, 2.24) is 10.3 Å². The number of rotatable bonds is 8. The van der Waals surface area contributed by atoms with E-state index in [1.54, 1.807) is 12.1 Å². The number of anilines is 1. The zero-order valence-corrected chi connectivity index (χ0v) is 19.7. The van der Waals surface area contributed by atoms with Crippen LogP contribution in [0.1, 0.15) is 49.4 Å². The van der Waals surface area contributed by atoms with Gasteiger partial charge in [-0.15, -0.1) is 0 Å². The van der Waals surface area contributed by atoms with Crippen molar-refractivity contribution in [3.63, 3.8) is 0 Å². The van der Waals surface area contributed by atoms with Crippen LogP contribution in [0.3, 0.4) is 0 Å². The van der Waals surface area contributed by atoms with Gasteiger partial charge in [0, 0.05) is 31.6 Å². The number of nitrogens with zero attached hydrogens (tertiary/aromatic N) is 2. The molecule has 0 spiro atoms. The van der Waals surface area contributed by atoms with Gasteiger partial charge in [0.25, 0.3) is 0 Å². The molecule has 1 aromatic heterocycles. The van der Waals surface area contributed by atoms with E-state index in [9.17, 15) is 9.18 Å². The molecule has 5 nitrogen and oxygen atoms in total. The van der Waals surface area contributed by atoms with Crippen LogP contribution >= 0.6 is 0 Å². The molecule has 4 rings (SSSR count). The zero-order valence-electron chi connectivity index (χ0n) is 19.7. The second-order valence-electron chi connectivity index (χ2n) is 8.60. The van der Waals surface area contributed by atoms with Crippen LogP contribution < -0.4 is 10.2 Å². The summed E-state index contributed by atoms with van der Waals surface area (Å²) in [5, 5.41) is 2.87. The smallest absolute Gasteiger partial charge is 0.226 e. The number of hydrogen-bond acceptors (Lipinski definition) is 4. The van der Waals surface area contributed by atoms with Crippen LogP contribution in [0.15, 0.2) is 66.5 Å². The first-order chi connectivity index (χ1) is 16.6. The molecule has 1 aliphatic carbocycles. The number of aromatic nitrogens is 1. The van der Waals surface area contributed by atoms with Crippen molar-refractivity contribution >= 4 is 17.3 Å². The van der Waals surface area contributed by atoms with Crippen molar-refractivity contribution < 1.29 is 13.9 Å². The highest BCUT2D eigenvalue weighted by molar-refractivity contribution is 5.83. The number of carbonyl (C=O) groups is 1. The van der Waals surface area contributed by atoms with Gasteiger partial charge < -0.3 is 15.0 Å². The molecule has 34 heavy (non-hydrogen) atoms. The van der Waals surface area contributed by atoms with Crippen LogP contribution in [0, 0.1) is 5.82 Å². The number of nitrogens with one attached hydrogen (secondary N) is 1. The highest BCUT2D eigenvalue weighted by atomic mass is 19.1. The summed E-state index contributed by atoms with van der Waals surface area (Å²) in [4.78, 5) is 19.9. The Balaban J connectivity index is 1.53. The van der Waals surface area contributed by atoms with Crippen LogP contribution in [0.25, 0.3) is 5.57 Å². The molecule has 0 unspecified atom stereocenters. The van der Waals surface area contributed by atoms with Gasteiger partial charge in [-0.25, -0.2) is 9.37 Å². The van der Waals surface area contributed by atoms with E-state index < -0.39 is 0 Å². The molecule has 1 amide bonds. The fourth-order valence-electron chi connectivity index (χ4n) is 4.31. The van der Waals surface area contributed by atoms with Gasteiger partial charge in [0.1, 0.15) is 11.6 Å². The Bertz CT molecular complexity index is 1100. The summed E-state index contributed by atoms with van der Waals surface area (Å²) in [6.45, 7) is 4.86. The Labute approximate surface area is 201 Å². The maximum Gasteiger partial charge on any atom is 0.226 e.